The molecule has 1 nitrogen and oxygen atoms in total. The third-order valence-corrected chi connectivity index (χ3v) is 6.00. The lowest BCUT2D eigenvalue weighted by atomic mass is 9.70. The van der Waals surface area contributed by atoms with Gasteiger partial charge in [0.2, 0.25) is 0 Å². The molecule has 0 N–H and O–H groups in total. The number of rotatable bonds is 8. The van der Waals surface area contributed by atoms with Gasteiger partial charge in [0.15, 0.2) is 0 Å². The third kappa shape index (κ3) is 2.94. The number of unbranched alkanes of at least 4 members (excludes halogenated alkanes) is 2. The maximum absolute atomic E-state index is 13.4. The predicted molar refractivity (Wildman–Crippen MR) is 110 cm³/mol. The molecule has 126 valence electrons. The highest BCUT2D eigenvalue weighted by molar-refractivity contribution is 14.1. The van der Waals surface area contributed by atoms with Gasteiger partial charge in [-0.15, -0.1) is 0 Å². The number of hydrogen-bond acceptors (Lipinski definition) is 1. The summed E-state index contributed by atoms with van der Waals surface area (Å²) in [7, 11) is 0. The molecule has 24 heavy (non-hydrogen) atoms. The summed E-state index contributed by atoms with van der Waals surface area (Å²) in [4.78, 5) is 13.4. The first-order valence-electron chi connectivity index (χ1n) is 9.04. The Morgan fingerprint density at radius 1 is 0.917 bits per heavy atom. The quantitative estimate of drug-likeness (QED) is 0.271. The summed E-state index contributed by atoms with van der Waals surface area (Å²) in [5, 5.41) is 0. The van der Waals surface area contributed by atoms with Gasteiger partial charge in [-0.2, -0.15) is 0 Å². The Morgan fingerprint density at radius 2 is 1.50 bits per heavy atom. The van der Waals surface area contributed by atoms with Crippen molar-refractivity contribution in [1.29, 1.82) is 0 Å². The van der Waals surface area contributed by atoms with E-state index in [0.29, 0.717) is 12.2 Å². The Bertz CT molecular complexity index is 674. The van der Waals surface area contributed by atoms with Crippen LogP contribution in [0.2, 0.25) is 0 Å². The number of halogens is 1. The zero-order valence-electron chi connectivity index (χ0n) is 14.4. The van der Waals surface area contributed by atoms with Crippen LogP contribution in [0, 0.1) is 0 Å². The molecule has 1 aliphatic carbocycles. The average molecular weight is 432 g/mol. The van der Waals surface area contributed by atoms with Gasteiger partial charge in [-0.05, 0) is 45.9 Å². The number of alkyl halides is 1. The minimum Gasteiger partial charge on any atom is -0.298 e. The maximum atomic E-state index is 13.4. The van der Waals surface area contributed by atoms with Gasteiger partial charge in [-0.1, -0.05) is 90.9 Å². The van der Waals surface area contributed by atoms with Gasteiger partial charge in [0.1, 0.15) is 5.78 Å². The lowest BCUT2D eigenvalue weighted by Crippen LogP contribution is -2.35. The topological polar surface area (TPSA) is 17.1 Å². The summed E-state index contributed by atoms with van der Waals surface area (Å²) in [5.41, 5.74) is 4.56. The largest absolute Gasteiger partial charge is 0.298 e. The van der Waals surface area contributed by atoms with Crippen molar-refractivity contribution < 1.29 is 4.79 Å². The summed E-state index contributed by atoms with van der Waals surface area (Å²) < 4.78 is 1.15. The van der Waals surface area contributed by atoms with Crippen LogP contribution in [0.25, 0.3) is 11.1 Å². The molecule has 0 unspecified atom stereocenters. The minimum absolute atomic E-state index is 0.412. The normalized spacial score (nSPS) is 14.2. The van der Waals surface area contributed by atoms with Crippen molar-refractivity contribution in [2.45, 2.75) is 50.9 Å². The molecule has 2 aromatic carbocycles. The fourth-order valence-corrected chi connectivity index (χ4v) is 4.61. The van der Waals surface area contributed by atoms with E-state index in [-0.39, 0.29) is 0 Å². The predicted octanol–water partition coefficient (Wildman–Crippen LogP) is 6.32. The highest BCUT2D eigenvalue weighted by atomic mass is 127. The second-order valence-electron chi connectivity index (χ2n) is 6.67. The number of benzene rings is 2. The van der Waals surface area contributed by atoms with Gasteiger partial charge >= 0.3 is 0 Å². The molecular formula is C22H25IO. The van der Waals surface area contributed by atoms with Crippen LogP contribution in [0.3, 0.4) is 0 Å². The molecule has 0 fully saturated rings. The van der Waals surface area contributed by atoms with E-state index in [1.54, 1.807) is 0 Å². The Hall–Kier alpha value is -1.16. The Balaban J connectivity index is 2.14. The fourth-order valence-electron chi connectivity index (χ4n) is 4.07. The maximum Gasteiger partial charge on any atom is 0.147 e. The SMILES string of the molecule is CCCCC(=O)C1(CCCCI)c2ccccc2-c2ccccc21. The number of Topliss-reactive ketones (excluding diaryl/α,β-unsaturated/α-hetero) is 1. The molecule has 3 rings (SSSR count). The molecule has 0 aromatic heterocycles. The molecule has 1 aliphatic rings. The first-order valence-corrected chi connectivity index (χ1v) is 10.6. The Kier molecular flexibility index (Phi) is 5.75. The van der Waals surface area contributed by atoms with Crippen LogP contribution in [0.1, 0.15) is 56.6 Å². The van der Waals surface area contributed by atoms with Crippen LogP contribution in [0.5, 0.6) is 0 Å². The van der Waals surface area contributed by atoms with E-state index in [1.807, 2.05) is 0 Å². The van der Waals surface area contributed by atoms with E-state index in [0.717, 1.165) is 30.1 Å². The molecular weight excluding hydrogens is 407 g/mol. The van der Waals surface area contributed by atoms with Crippen molar-refractivity contribution in [3.05, 3.63) is 59.7 Å². The van der Waals surface area contributed by atoms with Crippen molar-refractivity contribution in [3.63, 3.8) is 0 Å². The van der Waals surface area contributed by atoms with Gasteiger partial charge in [0.25, 0.3) is 0 Å². The molecule has 2 aromatic rings. The number of carbonyl (C=O) groups excluding carboxylic acids is 1. The van der Waals surface area contributed by atoms with E-state index >= 15 is 0 Å². The van der Waals surface area contributed by atoms with Crippen LogP contribution in [0.4, 0.5) is 0 Å². The minimum atomic E-state index is -0.422. The Labute approximate surface area is 159 Å². The fraction of sp³-hybridized carbons (Fsp3) is 0.409. The Morgan fingerprint density at radius 3 is 2.04 bits per heavy atom. The number of carbonyl (C=O) groups is 1. The molecule has 2 heteroatoms. The average Bonchev–Trinajstić information content (AvgIpc) is 2.92. The number of ketones is 1. The van der Waals surface area contributed by atoms with Crippen molar-refractivity contribution in [2.24, 2.45) is 0 Å². The van der Waals surface area contributed by atoms with Gasteiger partial charge in [-0.25, -0.2) is 0 Å². The number of fused-ring (bicyclic) bond motifs is 3. The second kappa shape index (κ2) is 7.81. The molecule has 0 heterocycles. The highest BCUT2D eigenvalue weighted by Gasteiger charge is 2.47. The van der Waals surface area contributed by atoms with Crippen molar-refractivity contribution in [2.75, 3.05) is 4.43 Å². The van der Waals surface area contributed by atoms with Gasteiger partial charge in [-0.3, -0.25) is 4.79 Å². The summed E-state index contributed by atoms with van der Waals surface area (Å²) in [6, 6.07) is 17.1. The summed E-state index contributed by atoms with van der Waals surface area (Å²) in [5.74, 6) is 0.412. The third-order valence-electron chi connectivity index (χ3n) is 5.23. The second-order valence-corrected chi connectivity index (χ2v) is 7.75. The molecule has 0 atom stereocenters. The molecule has 0 amide bonds. The van der Waals surface area contributed by atoms with Crippen LogP contribution in [-0.4, -0.2) is 10.2 Å². The van der Waals surface area contributed by atoms with Crippen LogP contribution in [-0.2, 0) is 10.2 Å². The van der Waals surface area contributed by atoms with Crippen LogP contribution < -0.4 is 0 Å². The van der Waals surface area contributed by atoms with E-state index in [9.17, 15) is 4.79 Å². The molecule has 0 spiro atoms. The van der Waals surface area contributed by atoms with E-state index < -0.39 is 5.41 Å². The van der Waals surface area contributed by atoms with Crippen molar-refractivity contribution in [3.8, 4) is 11.1 Å². The highest BCUT2D eigenvalue weighted by Crippen LogP contribution is 2.52. The standard InChI is InChI=1S/C22H25IO/c1-2-3-14-21(24)22(15-8-9-16-23)19-12-6-4-10-17(19)18-11-5-7-13-20(18)22/h4-7,10-13H,2-3,8-9,14-16H2,1H3. The van der Waals surface area contributed by atoms with Gasteiger partial charge in [0.05, 0.1) is 5.41 Å². The first kappa shape index (κ1) is 17.7. The summed E-state index contributed by atoms with van der Waals surface area (Å²) in [6.07, 6.45) is 5.95. The van der Waals surface area contributed by atoms with Crippen molar-refractivity contribution in [1.82, 2.24) is 0 Å². The van der Waals surface area contributed by atoms with Gasteiger partial charge in [0, 0.05) is 6.42 Å². The molecule has 0 aliphatic heterocycles. The zero-order chi connectivity index (χ0) is 17.0. The zero-order valence-corrected chi connectivity index (χ0v) is 16.5. The molecule has 0 bridgehead atoms. The lowest BCUT2D eigenvalue weighted by molar-refractivity contribution is -0.123. The van der Waals surface area contributed by atoms with Crippen LogP contribution >= 0.6 is 22.6 Å². The van der Waals surface area contributed by atoms with E-state index in [2.05, 4.69) is 78.0 Å². The molecule has 0 saturated heterocycles. The van der Waals surface area contributed by atoms with Crippen molar-refractivity contribution >= 4 is 28.4 Å². The monoisotopic (exact) mass is 432 g/mol. The molecule has 0 saturated carbocycles. The smallest absolute Gasteiger partial charge is 0.147 e. The number of hydrogen-bond donors (Lipinski definition) is 0. The summed E-state index contributed by atoms with van der Waals surface area (Å²) in [6.45, 7) is 2.16. The van der Waals surface area contributed by atoms with E-state index in [4.69, 9.17) is 0 Å². The summed E-state index contributed by atoms with van der Waals surface area (Å²) >= 11 is 2.43. The molecule has 0 radical (unpaired) electrons. The van der Waals surface area contributed by atoms with Gasteiger partial charge < -0.3 is 0 Å². The van der Waals surface area contributed by atoms with E-state index in [1.165, 1.54) is 28.7 Å². The first-order chi connectivity index (χ1) is 11.8. The van der Waals surface area contributed by atoms with Crippen LogP contribution in [0.15, 0.2) is 48.5 Å². The lowest BCUT2D eigenvalue weighted by Gasteiger charge is -2.31.